The van der Waals surface area contributed by atoms with Crippen molar-refractivity contribution in [2.45, 2.75) is 26.7 Å². The van der Waals surface area contributed by atoms with Gasteiger partial charge in [-0.05, 0) is 26.7 Å². The van der Waals surface area contributed by atoms with Crippen LogP contribution < -0.4 is 10.6 Å². The van der Waals surface area contributed by atoms with Crippen LogP contribution in [0.25, 0.3) is 0 Å². The zero-order valence-corrected chi connectivity index (χ0v) is 13.2. The van der Waals surface area contributed by atoms with Gasteiger partial charge in [-0.15, -0.1) is 0 Å². The topological polar surface area (TPSA) is 64.1 Å². The molecule has 0 saturated heterocycles. The quantitative estimate of drug-likeness (QED) is 0.301. The van der Waals surface area contributed by atoms with Crippen LogP contribution in [-0.4, -0.2) is 65.7 Å². The molecule has 0 aromatic rings. The molecule has 2 N–H and O–H groups in total. The van der Waals surface area contributed by atoms with E-state index in [2.05, 4.69) is 22.5 Å². The minimum Gasteiger partial charge on any atom is -0.382 e. The smallest absolute Gasteiger partial charge is 0.191 e. The fourth-order valence-electron chi connectivity index (χ4n) is 1.48. The second-order valence-electron chi connectivity index (χ2n) is 4.20. The summed E-state index contributed by atoms with van der Waals surface area (Å²) in [5.74, 6) is 0.854. The molecule has 0 aliphatic rings. The predicted octanol–water partition coefficient (Wildman–Crippen LogP) is 1.02. The monoisotopic (exact) mass is 289 g/mol. The molecule has 0 saturated carbocycles. The highest BCUT2D eigenvalue weighted by atomic mass is 16.5. The predicted molar refractivity (Wildman–Crippen MR) is 82.4 cm³/mol. The summed E-state index contributed by atoms with van der Waals surface area (Å²) in [7, 11) is 1.68. The molecular formula is C14H31N3O3. The molecule has 0 rings (SSSR count). The molecule has 0 aliphatic heterocycles. The van der Waals surface area contributed by atoms with E-state index in [1.54, 1.807) is 7.11 Å². The number of nitrogens with zero attached hydrogens (tertiary/aromatic N) is 1. The van der Waals surface area contributed by atoms with Gasteiger partial charge in [-0.2, -0.15) is 0 Å². The lowest BCUT2D eigenvalue weighted by molar-refractivity contribution is 0.0690. The van der Waals surface area contributed by atoms with E-state index < -0.39 is 0 Å². The van der Waals surface area contributed by atoms with Crippen molar-refractivity contribution in [2.24, 2.45) is 4.99 Å². The summed E-state index contributed by atoms with van der Waals surface area (Å²) in [6, 6.07) is 0. The average Bonchev–Trinajstić information content (AvgIpc) is 2.46. The number of hydrogen-bond acceptors (Lipinski definition) is 4. The van der Waals surface area contributed by atoms with Gasteiger partial charge in [-0.1, -0.05) is 0 Å². The third-order valence-corrected chi connectivity index (χ3v) is 2.49. The van der Waals surface area contributed by atoms with Crippen molar-refractivity contribution in [1.29, 1.82) is 0 Å². The Morgan fingerprint density at radius 3 is 2.50 bits per heavy atom. The molecule has 6 nitrogen and oxygen atoms in total. The number of nitrogens with one attached hydrogen (secondary N) is 2. The number of rotatable bonds is 13. The Hall–Kier alpha value is -0.850. The summed E-state index contributed by atoms with van der Waals surface area (Å²) in [5.41, 5.74) is 0. The second-order valence-corrected chi connectivity index (χ2v) is 4.20. The van der Waals surface area contributed by atoms with E-state index >= 15 is 0 Å². The van der Waals surface area contributed by atoms with Crippen LogP contribution in [0.5, 0.6) is 0 Å². The van der Waals surface area contributed by atoms with Gasteiger partial charge in [0.2, 0.25) is 0 Å². The van der Waals surface area contributed by atoms with Crippen molar-refractivity contribution in [3.63, 3.8) is 0 Å². The van der Waals surface area contributed by atoms with Crippen LogP contribution in [0.1, 0.15) is 26.7 Å². The maximum atomic E-state index is 5.40. The van der Waals surface area contributed by atoms with Crippen LogP contribution in [0.3, 0.4) is 0 Å². The molecule has 0 amide bonds. The van der Waals surface area contributed by atoms with Gasteiger partial charge in [0.25, 0.3) is 0 Å². The molecule has 0 aromatic carbocycles. The van der Waals surface area contributed by atoms with Crippen LogP contribution in [-0.2, 0) is 14.2 Å². The van der Waals surface area contributed by atoms with E-state index in [-0.39, 0.29) is 0 Å². The highest BCUT2D eigenvalue weighted by molar-refractivity contribution is 5.79. The normalized spacial score (nSPS) is 11.7. The molecule has 0 aromatic heterocycles. The van der Waals surface area contributed by atoms with Gasteiger partial charge in [-0.25, -0.2) is 0 Å². The van der Waals surface area contributed by atoms with Crippen molar-refractivity contribution in [3.8, 4) is 0 Å². The minimum absolute atomic E-state index is 0.659. The van der Waals surface area contributed by atoms with Gasteiger partial charge < -0.3 is 24.8 Å². The van der Waals surface area contributed by atoms with Crippen molar-refractivity contribution < 1.29 is 14.2 Å². The molecule has 0 aliphatic carbocycles. The van der Waals surface area contributed by atoms with Crippen molar-refractivity contribution in [1.82, 2.24) is 10.6 Å². The lowest BCUT2D eigenvalue weighted by Crippen LogP contribution is -2.39. The lowest BCUT2D eigenvalue weighted by Gasteiger charge is -2.11. The summed E-state index contributed by atoms with van der Waals surface area (Å²) in [5, 5.41) is 6.45. The van der Waals surface area contributed by atoms with E-state index in [0.29, 0.717) is 19.8 Å². The van der Waals surface area contributed by atoms with E-state index in [4.69, 9.17) is 14.2 Å². The fraction of sp³-hybridized carbons (Fsp3) is 0.929. The highest BCUT2D eigenvalue weighted by Crippen LogP contribution is 1.91. The average molecular weight is 289 g/mol. The summed E-state index contributed by atoms with van der Waals surface area (Å²) in [4.78, 5) is 4.50. The van der Waals surface area contributed by atoms with Crippen LogP contribution in [0.15, 0.2) is 4.99 Å². The first-order valence-electron chi connectivity index (χ1n) is 7.51. The largest absolute Gasteiger partial charge is 0.382 e. The van der Waals surface area contributed by atoms with Crippen LogP contribution in [0.2, 0.25) is 0 Å². The Kier molecular flexibility index (Phi) is 15.5. The van der Waals surface area contributed by atoms with E-state index in [1.165, 1.54) is 0 Å². The Balaban J connectivity index is 3.58. The molecule has 120 valence electrons. The number of methoxy groups -OCH3 is 1. The third-order valence-electron chi connectivity index (χ3n) is 2.49. The Bertz CT molecular complexity index is 226. The van der Waals surface area contributed by atoms with Crippen LogP contribution in [0, 0.1) is 0 Å². The zero-order valence-electron chi connectivity index (χ0n) is 13.2. The molecule has 0 heterocycles. The molecule has 0 spiro atoms. The van der Waals surface area contributed by atoms with Gasteiger partial charge in [0.15, 0.2) is 5.96 Å². The summed E-state index contributed by atoms with van der Waals surface area (Å²) in [6.07, 6.45) is 2.04. The maximum Gasteiger partial charge on any atom is 0.191 e. The number of unbranched alkanes of at least 4 members (excludes halogenated alkanes) is 1. The molecule has 6 heteroatoms. The summed E-state index contributed by atoms with van der Waals surface area (Å²) < 4.78 is 15.6. The first kappa shape index (κ1) is 19.1. The number of aliphatic imine (C=N–C) groups is 1. The molecule has 0 radical (unpaired) electrons. The van der Waals surface area contributed by atoms with Crippen LogP contribution in [0.4, 0.5) is 0 Å². The first-order chi connectivity index (χ1) is 9.85. The minimum atomic E-state index is 0.659. The van der Waals surface area contributed by atoms with Gasteiger partial charge in [0.05, 0.1) is 19.8 Å². The molecule has 0 atom stereocenters. The van der Waals surface area contributed by atoms with Gasteiger partial charge in [0.1, 0.15) is 0 Å². The molecule has 20 heavy (non-hydrogen) atoms. The molecular weight excluding hydrogens is 258 g/mol. The zero-order chi connectivity index (χ0) is 14.9. The Morgan fingerprint density at radius 1 is 0.950 bits per heavy atom. The van der Waals surface area contributed by atoms with Gasteiger partial charge in [0, 0.05) is 40.0 Å². The molecule has 0 bridgehead atoms. The Labute approximate surface area is 123 Å². The van der Waals surface area contributed by atoms with E-state index in [9.17, 15) is 0 Å². The second kappa shape index (κ2) is 16.2. The summed E-state index contributed by atoms with van der Waals surface area (Å²) in [6.45, 7) is 10.0. The van der Waals surface area contributed by atoms with Gasteiger partial charge in [-0.3, -0.25) is 4.99 Å². The van der Waals surface area contributed by atoms with Crippen LogP contribution >= 0.6 is 0 Å². The SMILES string of the molecule is CCNC(=NCCCCOCCOC)NCCOCC. The standard InChI is InChI=1S/C14H31N3O3/c1-4-15-14(17-9-11-19-5-2)16-8-6-7-10-20-13-12-18-3/h4-13H2,1-3H3,(H2,15,16,17). The van der Waals surface area contributed by atoms with Gasteiger partial charge >= 0.3 is 0 Å². The summed E-state index contributed by atoms with van der Waals surface area (Å²) >= 11 is 0. The number of hydrogen-bond donors (Lipinski definition) is 2. The van der Waals surface area contributed by atoms with Crippen molar-refractivity contribution in [3.05, 3.63) is 0 Å². The van der Waals surface area contributed by atoms with Crippen molar-refractivity contribution >= 4 is 5.96 Å². The van der Waals surface area contributed by atoms with E-state index in [1.807, 2.05) is 6.92 Å². The Morgan fingerprint density at radius 2 is 1.80 bits per heavy atom. The number of ether oxygens (including phenoxy) is 3. The maximum absolute atomic E-state index is 5.40. The number of guanidine groups is 1. The molecule has 0 unspecified atom stereocenters. The molecule has 0 fully saturated rings. The fourth-order valence-corrected chi connectivity index (χ4v) is 1.48. The van der Waals surface area contributed by atoms with E-state index in [0.717, 1.165) is 51.6 Å². The van der Waals surface area contributed by atoms with Crippen molar-refractivity contribution in [2.75, 3.05) is 59.8 Å². The highest BCUT2D eigenvalue weighted by Gasteiger charge is 1.96. The first-order valence-corrected chi connectivity index (χ1v) is 7.51. The third kappa shape index (κ3) is 13.6. The lowest BCUT2D eigenvalue weighted by atomic mass is 10.3.